The number of nitrogens with one attached hydrogen (secondary N) is 1. The maximum atomic E-state index is 13.6. The van der Waals surface area contributed by atoms with E-state index < -0.39 is 17.2 Å². The summed E-state index contributed by atoms with van der Waals surface area (Å²) in [5, 5.41) is 6.59. The molecule has 0 fully saturated rings. The number of urea groups is 1. The normalized spacial score (nSPS) is 12.6. The predicted octanol–water partition coefficient (Wildman–Crippen LogP) is 4.54. The first-order valence-electron chi connectivity index (χ1n) is 10.0. The Balaban J connectivity index is 2.11. The highest BCUT2D eigenvalue weighted by Crippen LogP contribution is 2.35. The highest BCUT2D eigenvalue weighted by molar-refractivity contribution is 8.00. The molecule has 166 valence electrons. The van der Waals surface area contributed by atoms with Crippen LogP contribution in [0.25, 0.3) is 20.7 Å². The quantitative estimate of drug-likeness (QED) is 0.365. The molecular formula is C21H26N4O3S3. The van der Waals surface area contributed by atoms with Gasteiger partial charge in [0.1, 0.15) is 4.83 Å². The summed E-state index contributed by atoms with van der Waals surface area (Å²) in [6, 6.07) is 3.06. The van der Waals surface area contributed by atoms with Crippen LogP contribution in [0.15, 0.2) is 32.8 Å². The van der Waals surface area contributed by atoms with E-state index in [-0.39, 0.29) is 11.5 Å². The molecular weight excluding hydrogens is 452 g/mol. The smallest absolute Gasteiger partial charge is 0.318 e. The number of hydrogen-bond donors (Lipinski definition) is 2. The van der Waals surface area contributed by atoms with Crippen LogP contribution in [-0.4, -0.2) is 26.7 Å². The first-order chi connectivity index (χ1) is 14.7. The van der Waals surface area contributed by atoms with Crippen LogP contribution in [0, 0.1) is 11.8 Å². The van der Waals surface area contributed by atoms with Crippen LogP contribution in [0.2, 0.25) is 0 Å². The second kappa shape index (κ2) is 9.97. The van der Waals surface area contributed by atoms with E-state index in [2.05, 4.69) is 19.2 Å². The van der Waals surface area contributed by atoms with E-state index in [0.717, 1.165) is 16.9 Å². The number of rotatable bonds is 8. The van der Waals surface area contributed by atoms with E-state index in [1.807, 2.05) is 36.7 Å². The Labute approximate surface area is 193 Å². The molecule has 0 unspecified atom stereocenters. The molecule has 0 aliphatic rings. The van der Waals surface area contributed by atoms with Gasteiger partial charge in [0.2, 0.25) is 5.91 Å². The summed E-state index contributed by atoms with van der Waals surface area (Å²) in [5.74, 6) is -0.179. The molecule has 0 spiro atoms. The van der Waals surface area contributed by atoms with Gasteiger partial charge in [-0.15, -0.1) is 22.7 Å². The van der Waals surface area contributed by atoms with Crippen molar-refractivity contribution in [3.8, 4) is 10.4 Å². The number of fused-ring (bicyclic) bond motifs is 1. The fraction of sp³-hybridized carbons (Fsp3) is 0.429. The molecule has 0 saturated carbocycles. The third-order valence-corrected chi connectivity index (χ3v) is 8.03. The molecule has 3 aromatic heterocycles. The van der Waals surface area contributed by atoms with Gasteiger partial charge in [-0.1, -0.05) is 45.5 Å². The monoisotopic (exact) mass is 478 g/mol. The summed E-state index contributed by atoms with van der Waals surface area (Å²) in [4.78, 5) is 43.8. The van der Waals surface area contributed by atoms with Crippen molar-refractivity contribution in [2.24, 2.45) is 17.6 Å². The molecule has 10 heteroatoms. The molecule has 0 saturated heterocycles. The number of hydrogen-bond acceptors (Lipinski definition) is 7. The summed E-state index contributed by atoms with van der Waals surface area (Å²) in [7, 11) is 0. The van der Waals surface area contributed by atoms with E-state index in [4.69, 9.17) is 10.7 Å². The maximum Gasteiger partial charge on any atom is 0.318 e. The number of carbonyl (C=O) groups is 2. The Morgan fingerprint density at radius 2 is 2.00 bits per heavy atom. The molecule has 3 rings (SSSR count). The molecule has 0 aromatic carbocycles. The third kappa shape index (κ3) is 5.36. The van der Waals surface area contributed by atoms with Gasteiger partial charge in [0, 0.05) is 22.4 Å². The van der Waals surface area contributed by atoms with Crippen molar-refractivity contribution < 1.29 is 9.59 Å². The zero-order valence-electron chi connectivity index (χ0n) is 17.9. The Morgan fingerprint density at radius 1 is 1.26 bits per heavy atom. The number of amides is 3. The molecule has 0 aliphatic heterocycles. The average molecular weight is 479 g/mol. The molecule has 7 nitrogen and oxygen atoms in total. The number of thioether (sulfide) groups is 1. The SMILES string of the molecule is CC(C)CCn1c(S[C@@H](C(=O)NC(N)=O)C(C)C)nc2scc(-c3cccs3)c2c1=O. The Morgan fingerprint density at radius 3 is 2.58 bits per heavy atom. The fourth-order valence-electron chi connectivity index (χ4n) is 3.09. The minimum Gasteiger partial charge on any atom is -0.351 e. The lowest BCUT2D eigenvalue weighted by atomic mass is 10.1. The fourth-order valence-corrected chi connectivity index (χ4v) is 6.01. The van der Waals surface area contributed by atoms with Gasteiger partial charge in [-0.25, -0.2) is 9.78 Å². The number of primary amides is 1. The van der Waals surface area contributed by atoms with Crippen molar-refractivity contribution >= 4 is 56.6 Å². The van der Waals surface area contributed by atoms with Gasteiger partial charge in [0.05, 0.1) is 10.6 Å². The summed E-state index contributed by atoms with van der Waals surface area (Å²) in [5.41, 5.74) is 5.93. The average Bonchev–Trinajstić information content (AvgIpc) is 3.33. The van der Waals surface area contributed by atoms with Crippen LogP contribution in [0.3, 0.4) is 0 Å². The van der Waals surface area contributed by atoms with E-state index >= 15 is 0 Å². The van der Waals surface area contributed by atoms with Crippen LogP contribution in [0.5, 0.6) is 0 Å². The lowest BCUT2D eigenvalue weighted by Gasteiger charge is -2.21. The second-order valence-corrected chi connectivity index (χ2v) is 10.9. The molecule has 31 heavy (non-hydrogen) atoms. The zero-order chi connectivity index (χ0) is 22.7. The van der Waals surface area contributed by atoms with Gasteiger partial charge < -0.3 is 5.73 Å². The van der Waals surface area contributed by atoms with Crippen molar-refractivity contribution in [3.05, 3.63) is 33.2 Å². The van der Waals surface area contributed by atoms with Crippen molar-refractivity contribution in [1.29, 1.82) is 0 Å². The van der Waals surface area contributed by atoms with Gasteiger partial charge >= 0.3 is 6.03 Å². The van der Waals surface area contributed by atoms with Gasteiger partial charge in [-0.05, 0) is 29.7 Å². The highest BCUT2D eigenvalue weighted by atomic mass is 32.2. The maximum absolute atomic E-state index is 13.6. The van der Waals surface area contributed by atoms with E-state index in [1.165, 1.54) is 23.1 Å². The predicted molar refractivity (Wildman–Crippen MR) is 129 cm³/mol. The summed E-state index contributed by atoms with van der Waals surface area (Å²) in [6.45, 7) is 8.47. The Kier molecular flexibility index (Phi) is 7.55. The third-order valence-electron chi connectivity index (χ3n) is 4.72. The first kappa shape index (κ1) is 23.5. The van der Waals surface area contributed by atoms with Gasteiger partial charge in [0.15, 0.2) is 5.16 Å². The largest absolute Gasteiger partial charge is 0.351 e. The van der Waals surface area contributed by atoms with Crippen LogP contribution in [0.1, 0.15) is 34.1 Å². The first-order valence-corrected chi connectivity index (χ1v) is 12.7. The number of thiophene rings is 2. The van der Waals surface area contributed by atoms with E-state index in [9.17, 15) is 14.4 Å². The van der Waals surface area contributed by atoms with Crippen molar-refractivity contribution in [3.63, 3.8) is 0 Å². The number of imide groups is 1. The summed E-state index contributed by atoms with van der Waals surface area (Å²) < 4.78 is 1.67. The number of carbonyl (C=O) groups excluding carboxylic acids is 2. The number of nitrogens with two attached hydrogens (primary N) is 1. The van der Waals surface area contributed by atoms with E-state index in [1.54, 1.807) is 15.9 Å². The van der Waals surface area contributed by atoms with Crippen LogP contribution in [-0.2, 0) is 11.3 Å². The molecule has 1 atom stereocenters. The molecule has 3 N–H and O–H groups in total. The molecule has 0 aliphatic carbocycles. The zero-order valence-corrected chi connectivity index (χ0v) is 20.3. The van der Waals surface area contributed by atoms with Gasteiger partial charge in [-0.3, -0.25) is 19.5 Å². The Hall–Kier alpha value is -2.17. The van der Waals surface area contributed by atoms with Crippen molar-refractivity contribution in [1.82, 2.24) is 14.9 Å². The lowest BCUT2D eigenvalue weighted by Crippen LogP contribution is -2.42. The number of aromatic nitrogens is 2. The summed E-state index contributed by atoms with van der Waals surface area (Å²) >= 11 is 4.21. The molecule has 0 bridgehead atoms. The highest BCUT2D eigenvalue weighted by Gasteiger charge is 2.28. The standard InChI is InChI=1S/C21H26N4O3S3/c1-11(2)7-8-25-19(27)15-13(14-6-5-9-29-14)10-30-18(15)24-21(25)31-16(12(3)4)17(26)23-20(22)28/h5-6,9-12,16H,7-8H2,1-4H3,(H3,22,23,26,28)/t16-/m1/s1. The topological polar surface area (TPSA) is 107 Å². The van der Waals surface area contributed by atoms with Crippen molar-refractivity contribution in [2.45, 2.75) is 51.1 Å². The van der Waals surface area contributed by atoms with Gasteiger partial charge in [-0.2, -0.15) is 0 Å². The molecule has 3 aromatic rings. The van der Waals surface area contributed by atoms with E-state index in [0.29, 0.717) is 27.8 Å². The van der Waals surface area contributed by atoms with Crippen LogP contribution >= 0.6 is 34.4 Å². The second-order valence-electron chi connectivity index (χ2n) is 7.98. The molecule has 3 amide bonds. The Bertz CT molecular complexity index is 1130. The van der Waals surface area contributed by atoms with Crippen molar-refractivity contribution in [2.75, 3.05) is 0 Å². The molecule has 0 radical (unpaired) electrons. The lowest BCUT2D eigenvalue weighted by molar-refractivity contribution is -0.120. The van der Waals surface area contributed by atoms with Gasteiger partial charge in [0.25, 0.3) is 5.56 Å². The number of nitrogens with zero attached hydrogens (tertiary/aromatic N) is 2. The van der Waals surface area contributed by atoms with Crippen LogP contribution < -0.4 is 16.6 Å². The minimum atomic E-state index is -0.893. The molecule has 3 heterocycles. The summed E-state index contributed by atoms with van der Waals surface area (Å²) in [6.07, 6.45) is 0.805. The van der Waals surface area contributed by atoms with Crippen LogP contribution in [0.4, 0.5) is 4.79 Å². The minimum absolute atomic E-state index is 0.0967.